The van der Waals surface area contributed by atoms with Crippen molar-refractivity contribution in [2.45, 2.75) is 20.4 Å². The number of piperazine rings is 1. The van der Waals surface area contributed by atoms with Crippen molar-refractivity contribution in [1.29, 1.82) is 0 Å². The molecule has 2 aromatic rings. The van der Waals surface area contributed by atoms with Crippen LogP contribution in [-0.2, 0) is 6.54 Å². The van der Waals surface area contributed by atoms with Gasteiger partial charge in [0.15, 0.2) is 11.5 Å². The van der Waals surface area contributed by atoms with Crippen molar-refractivity contribution in [3.05, 3.63) is 53.6 Å². The molecule has 6 heteroatoms. The standard InChI is InChI=1S/C23H28N2O4/c1-17(2)15-27-20-5-3-4-19(13-20)23(26)25-10-8-24(9-11-25)14-18-6-7-21-22(12-18)29-16-28-21/h3-7,12-13,17H,8-11,14-16H2,1-2H3. The topological polar surface area (TPSA) is 51.2 Å². The molecule has 0 aromatic heterocycles. The van der Waals surface area contributed by atoms with Crippen LogP contribution in [0.1, 0.15) is 29.8 Å². The van der Waals surface area contributed by atoms with Gasteiger partial charge in [0.1, 0.15) is 5.75 Å². The lowest BCUT2D eigenvalue weighted by atomic mass is 10.1. The summed E-state index contributed by atoms with van der Waals surface area (Å²) in [5.74, 6) is 2.90. The quantitative estimate of drug-likeness (QED) is 0.749. The van der Waals surface area contributed by atoms with E-state index in [9.17, 15) is 4.79 Å². The van der Waals surface area contributed by atoms with E-state index in [2.05, 4.69) is 24.8 Å². The van der Waals surface area contributed by atoms with Gasteiger partial charge in [-0.25, -0.2) is 0 Å². The van der Waals surface area contributed by atoms with Crippen molar-refractivity contribution < 1.29 is 19.0 Å². The minimum Gasteiger partial charge on any atom is -0.493 e. The van der Waals surface area contributed by atoms with Crippen LogP contribution in [0.5, 0.6) is 17.2 Å². The second-order valence-electron chi connectivity index (χ2n) is 7.99. The number of amides is 1. The van der Waals surface area contributed by atoms with Crippen LogP contribution in [0.4, 0.5) is 0 Å². The van der Waals surface area contributed by atoms with Crippen LogP contribution >= 0.6 is 0 Å². The Balaban J connectivity index is 1.31. The van der Waals surface area contributed by atoms with Crippen LogP contribution in [0.15, 0.2) is 42.5 Å². The molecular formula is C23H28N2O4. The fourth-order valence-corrected chi connectivity index (χ4v) is 3.57. The molecule has 0 spiro atoms. The van der Waals surface area contributed by atoms with Gasteiger partial charge >= 0.3 is 0 Å². The Labute approximate surface area is 172 Å². The lowest BCUT2D eigenvalue weighted by Gasteiger charge is -2.34. The van der Waals surface area contributed by atoms with Crippen molar-refractivity contribution in [2.75, 3.05) is 39.6 Å². The Morgan fingerprint density at radius 2 is 1.83 bits per heavy atom. The van der Waals surface area contributed by atoms with E-state index < -0.39 is 0 Å². The number of hydrogen-bond donors (Lipinski definition) is 0. The summed E-state index contributed by atoms with van der Waals surface area (Å²) in [6.07, 6.45) is 0. The van der Waals surface area contributed by atoms with E-state index in [1.165, 1.54) is 5.56 Å². The molecule has 0 aliphatic carbocycles. The Morgan fingerprint density at radius 3 is 2.62 bits per heavy atom. The number of nitrogens with zero attached hydrogens (tertiary/aromatic N) is 2. The number of carbonyl (C=O) groups excluding carboxylic acids is 1. The molecule has 0 bridgehead atoms. The smallest absolute Gasteiger partial charge is 0.254 e. The number of rotatable bonds is 6. The summed E-state index contributed by atoms with van der Waals surface area (Å²) in [4.78, 5) is 17.2. The van der Waals surface area contributed by atoms with Gasteiger partial charge < -0.3 is 19.1 Å². The zero-order valence-electron chi connectivity index (χ0n) is 17.1. The van der Waals surface area contributed by atoms with Gasteiger partial charge in [-0.2, -0.15) is 0 Å². The van der Waals surface area contributed by atoms with E-state index in [1.807, 2.05) is 41.3 Å². The molecule has 2 aromatic carbocycles. The lowest BCUT2D eigenvalue weighted by molar-refractivity contribution is 0.0628. The van der Waals surface area contributed by atoms with E-state index in [1.54, 1.807) is 0 Å². The molecule has 0 saturated carbocycles. The highest BCUT2D eigenvalue weighted by molar-refractivity contribution is 5.94. The third kappa shape index (κ3) is 4.82. The van der Waals surface area contributed by atoms with E-state index in [0.29, 0.717) is 24.9 Å². The highest BCUT2D eigenvalue weighted by Crippen LogP contribution is 2.32. The second kappa shape index (κ2) is 8.74. The van der Waals surface area contributed by atoms with Gasteiger partial charge in [-0.15, -0.1) is 0 Å². The Morgan fingerprint density at radius 1 is 1.03 bits per heavy atom. The van der Waals surface area contributed by atoms with Crippen LogP contribution in [-0.4, -0.2) is 55.3 Å². The van der Waals surface area contributed by atoms with E-state index >= 15 is 0 Å². The van der Waals surface area contributed by atoms with Crippen LogP contribution in [0.3, 0.4) is 0 Å². The average molecular weight is 396 g/mol. The van der Waals surface area contributed by atoms with Crippen LogP contribution < -0.4 is 14.2 Å². The van der Waals surface area contributed by atoms with Gasteiger partial charge in [0.05, 0.1) is 6.61 Å². The Hall–Kier alpha value is -2.73. The number of hydrogen-bond acceptors (Lipinski definition) is 5. The number of carbonyl (C=O) groups is 1. The first-order chi connectivity index (χ1) is 14.1. The SMILES string of the molecule is CC(C)COc1cccc(C(=O)N2CCN(Cc3ccc4c(c3)OCO4)CC2)c1. The highest BCUT2D eigenvalue weighted by Gasteiger charge is 2.23. The van der Waals surface area contributed by atoms with Gasteiger partial charge in [-0.05, 0) is 41.8 Å². The molecule has 0 atom stereocenters. The first kappa shape index (κ1) is 19.6. The summed E-state index contributed by atoms with van der Waals surface area (Å²) in [6.45, 7) is 9.15. The first-order valence-corrected chi connectivity index (χ1v) is 10.2. The molecule has 0 unspecified atom stereocenters. The van der Waals surface area contributed by atoms with E-state index in [0.717, 1.165) is 50.0 Å². The molecule has 4 rings (SSSR count). The molecule has 1 saturated heterocycles. The summed E-state index contributed by atoms with van der Waals surface area (Å²) in [5.41, 5.74) is 1.89. The Bertz CT molecular complexity index is 860. The molecule has 2 aliphatic rings. The minimum absolute atomic E-state index is 0.0720. The maximum Gasteiger partial charge on any atom is 0.254 e. The van der Waals surface area contributed by atoms with Crippen LogP contribution in [0.2, 0.25) is 0 Å². The molecule has 0 N–H and O–H groups in total. The fraction of sp³-hybridized carbons (Fsp3) is 0.435. The van der Waals surface area contributed by atoms with Crippen molar-refractivity contribution >= 4 is 5.91 Å². The molecule has 6 nitrogen and oxygen atoms in total. The van der Waals surface area contributed by atoms with Crippen LogP contribution in [0, 0.1) is 5.92 Å². The maximum atomic E-state index is 12.9. The monoisotopic (exact) mass is 396 g/mol. The summed E-state index contributed by atoms with van der Waals surface area (Å²) in [7, 11) is 0. The summed E-state index contributed by atoms with van der Waals surface area (Å²) in [5, 5.41) is 0. The molecule has 1 amide bonds. The van der Waals surface area contributed by atoms with Crippen LogP contribution in [0.25, 0.3) is 0 Å². The summed E-state index contributed by atoms with van der Waals surface area (Å²) in [6, 6.07) is 13.6. The van der Waals surface area contributed by atoms with Gasteiger partial charge in [0.25, 0.3) is 5.91 Å². The fourth-order valence-electron chi connectivity index (χ4n) is 3.57. The van der Waals surface area contributed by atoms with Crippen molar-refractivity contribution in [3.8, 4) is 17.2 Å². The van der Waals surface area contributed by atoms with Gasteiger partial charge in [-0.1, -0.05) is 26.0 Å². The lowest BCUT2D eigenvalue weighted by Crippen LogP contribution is -2.48. The third-order valence-electron chi connectivity index (χ3n) is 5.17. The van der Waals surface area contributed by atoms with E-state index in [-0.39, 0.29) is 5.91 Å². The normalized spacial score (nSPS) is 16.3. The summed E-state index contributed by atoms with van der Waals surface area (Å²) < 4.78 is 16.6. The molecule has 2 aliphatic heterocycles. The predicted octanol–water partition coefficient (Wildman–Crippen LogP) is 3.41. The number of benzene rings is 2. The van der Waals surface area contributed by atoms with Crippen molar-refractivity contribution in [3.63, 3.8) is 0 Å². The molecular weight excluding hydrogens is 368 g/mol. The number of ether oxygens (including phenoxy) is 3. The van der Waals surface area contributed by atoms with Crippen molar-refractivity contribution in [2.24, 2.45) is 5.92 Å². The zero-order valence-corrected chi connectivity index (χ0v) is 17.1. The highest BCUT2D eigenvalue weighted by atomic mass is 16.7. The summed E-state index contributed by atoms with van der Waals surface area (Å²) >= 11 is 0. The van der Waals surface area contributed by atoms with Gasteiger partial charge in [0.2, 0.25) is 6.79 Å². The average Bonchev–Trinajstić information content (AvgIpc) is 3.20. The minimum atomic E-state index is 0.0720. The third-order valence-corrected chi connectivity index (χ3v) is 5.17. The second-order valence-corrected chi connectivity index (χ2v) is 7.99. The molecule has 0 radical (unpaired) electrons. The first-order valence-electron chi connectivity index (χ1n) is 10.2. The largest absolute Gasteiger partial charge is 0.493 e. The number of fused-ring (bicyclic) bond motifs is 1. The molecule has 29 heavy (non-hydrogen) atoms. The van der Waals surface area contributed by atoms with E-state index in [4.69, 9.17) is 14.2 Å². The van der Waals surface area contributed by atoms with Crippen molar-refractivity contribution in [1.82, 2.24) is 9.80 Å². The maximum absolute atomic E-state index is 12.9. The Kier molecular flexibility index (Phi) is 5.90. The zero-order chi connectivity index (χ0) is 20.2. The van der Waals surface area contributed by atoms with Gasteiger partial charge in [-0.3, -0.25) is 9.69 Å². The van der Waals surface area contributed by atoms with Gasteiger partial charge in [0, 0.05) is 38.3 Å². The molecule has 154 valence electrons. The molecule has 1 fully saturated rings. The molecule has 2 heterocycles. The predicted molar refractivity (Wildman–Crippen MR) is 111 cm³/mol.